The third-order valence-electron chi connectivity index (χ3n) is 16.0. The molecule has 4 atom stereocenters. The molecule has 0 saturated carbocycles. The number of rotatable bonds is 2. The highest BCUT2D eigenvalue weighted by Gasteiger charge is 2.62. The summed E-state index contributed by atoms with van der Waals surface area (Å²) in [5.74, 6) is 1.96. The van der Waals surface area contributed by atoms with Crippen LogP contribution in [0.1, 0.15) is 63.8 Å². The predicted molar refractivity (Wildman–Crippen MR) is 256 cm³/mol. The minimum absolute atomic E-state index is 0.129. The Morgan fingerprint density at radius 3 is 2.10 bits per heavy atom. The number of furan rings is 2. The van der Waals surface area contributed by atoms with E-state index in [1.165, 1.54) is 50.3 Å². The Morgan fingerprint density at radius 1 is 0.571 bits per heavy atom. The molecule has 0 radical (unpaired) electrons. The van der Waals surface area contributed by atoms with Crippen molar-refractivity contribution in [2.75, 3.05) is 4.90 Å². The summed E-state index contributed by atoms with van der Waals surface area (Å²) >= 11 is 0. The smallest absolute Gasteiger partial charge is 0.143 e. The number of allylic oxidation sites excluding steroid dienone is 3. The van der Waals surface area contributed by atoms with Gasteiger partial charge >= 0.3 is 0 Å². The summed E-state index contributed by atoms with van der Waals surface area (Å²) in [5, 5.41) is 4.29. The lowest BCUT2D eigenvalue weighted by molar-refractivity contribution is 0.349. The van der Waals surface area contributed by atoms with E-state index in [0.29, 0.717) is 0 Å². The lowest BCUT2D eigenvalue weighted by Crippen LogP contribution is -2.58. The molecular formula is C59H45NO3. The van der Waals surface area contributed by atoms with Crippen molar-refractivity contribution < 1.29 is 13.6 Å². The Hall–Kier alpha value is -7.04. The molecule has 9 aromatic rings. The first kappa shape index (κ1) is 35.5. The maximum atomic E-state index is 7.65. The summed E-state index contributed by atoms with van der Waals surface area (Å²) in [4.78, 5) is 2.62. The zero-order chi connectivity index (χ0) is 42.4. The molecule has 0 bridgehead atoms. The number of benzene rings is 7. The van der Waals surface area contributed by atoms with E-state index in [4.69, 9.17) is 13.6 Å². The van der Waals surface area contributed by atoms with Crippen molar-refractivity contribution in [2.24, 2.45) is 5.92 Å². The fourth-order valence-electron chi connectivity index (χ4n) is 13.2. The molecule has 14 rings (SSSR count). The molecule has 2 aliphatic heterocycles. The second kappa shape index (κ2) is 11.5. The van der Waals surface area contributed by atoms with Gasteiger partial charge in [0.15, 0.2) is 0 Å². The van der Waals surface area contributed by atoms with Gasteiger partial charge in [-0.05, 0) is 108 Å². The van der Waals surface area contributed by atoms with Crippen molar-refractivity contribution in [3.05, 3.63) is 197 Å². The van der Waals surface area contributed by atoms with Crippen molar-refractivity contribution >= 4 is 55.3 Å². The summed E-state index contributed by atoms with van der Waals surface area (Å²) in [5.41, 5.74) is 16.8. The molecular weight excluding hydrogens is 771 g/mol. The maximum Gasteiger partial charge on any atom is 0.143 e. The van der Waals surface area contributed by atoms with Gasteiger partial charge in [0.25, 0.3) is 0 Å². The third-order valence-corrected chi connectivity index (χ3v) is 16.0. The highest BCUT2D eigenvalue weighted by atomic mass is 16.5. The first-order valence-corrected chi connectivity index (χ1v) is 22.4. The van der Waals surface area contributed by atoms with Gasteiger partial charge in [-0.1, -0.05) is 136 Å². The number of nitrogens with zero attached hydrogens (tertiary/aromatic N) is 1. The molecule has 0 fully saturated rings. The van der Waals surface area contributed by atoms with Crippen molar-refractivity contribution in [1.29, 1.82) is 0 Å². The van der Waals surface area contributed by atoms with Gasteiger partial charge in [0.2, 0.25) is 0 Å². The summed E-state index contributed by atoms with van der Waals surface area (Å²) < 4.78 is 21.3. The largest absolute Gasteiger partial charge is 0.460 e. The van der Waals surface area contributed by atoms with Crippen molar-refractivity contribution in [2.45, 2.75) is 63.3 Å². The van der Waals surface area contributed by atoms with Gasteiger partial charge < -0.3 is 18.5 Å². The van der Waals surface area contributed by atoms with Crippen molar-refractivity contribution in [3.63, 3.8) is 0 Å². The minimum atomic E-state index is -0.598. The van der Waals surface area contributed by atoms with Crippen LogP contribution in [0, 0.1) is 5.92 Å². The topological polar surface area (TPSA) is 38.8 Å². The van der Waals surface area contributed by atoms with E-state index in [-0.39, 0.29) is 16.7 Å². The number of para-hydroxylation sites is 4. The zero-order valence-corrected chi connectivity index (χ0v) is 36.3. The predicted octanol–water partition coefficient (Wildman–Crippen LogP) is 15.4. The van der Waals surface area contributed by atoms with Gasteiger partial charge in [-0.3, -0.25) is 0 Å². The van der Waals surface area contributed by atoms with E-state index in [1.807, 2.05) is 6.07 Å². The fraction of sp³-hybridized carbons (Fsp3) is 0.186. The molecule has 7 aromatic carbocycles. The van der Waals surface area contributed by atoms with Crippen LogP contribution >= 0.6 is 0 Å². The molecule has 2 aromatic heterocycles. The van der Waals surface area contributed by atoms with Crippen LogP contribution in [-0.4, -0.2) is 5.54 Å². The quantitative estimate of drug-likeness (QED) is 0.163. The van der Waals surface area contributed by atoms with Gasteiger partial charge in [-0.25, -0.2) is 0 Å². The molecule has 0 spiro atoms. The highest BCUT2D eigenvalue weighted by Crippen LogP contribution is 2.68. The van der Waals surface area contributed by atoms with E-state index in [2.05, 4.69) is 198 Å². The normalized spacial score (nSPS) is 24.6. The van der Waals surface area contributed by atoms with Crippen LogP contribution in [-0.2, 0) is 16.2 Å². The molecule has 5 aliphatic rings. The number of hydrogen-bond donors (Lipinski definition) is 0. The molecule has 4 heteroatoms. The summed E-state index contributed by atoms with van der Waals surface area (Å²) in [6, 6.07) is 50.7. The Labute approximate surface area is 366 Å². The second-order valence-electron chi connectivity index (χ2n) is 19.7. The minimum Gasteiger partial charge on any atom is -0.460 e. The van der Waals surface area contributed by atoms with E-state index >= 15 is 0 Å². The average Bonchev–Trinajstić information content (AvgIpc) is 4.01. The van der Waals surface area contributed by atoms with E-state index in [9.17, 15) is 0 Å². The number of hydrogen-bond acceptors (Lipinski definition) is 4. The Bertz CT molecular complexity index is 3660. The summed E-state index contributed by atoms with van der Waals surface area (Å²) in [6.07, 6.45) is 7.41. The molecule has 63 heavy (non-hydrogen) atoms. The Kier molecular flexibility index (Phi) is 6.49. The average molecular weight is 816 g/mol. The maximum absolute atomic E-state index is 7.65. The van der Waals surface area contributed by atoms with Gasteiger partial charge in [-0.15, -0.1) is 0 Å². The van der Waals surface area contributed by atoms with Crippen molar-refractivity contribution in [3.8, 4) is 28.0 Å². The standard InChI is InChI=1S/C59H45NO3/c1-33-28-29-57(4)42-22-11-12-23-45(42)60(34-26-27-36-35-16-7-10-21-41(35)56(2,3)43(36)30-34)58(5)32-49-59(6,52(33)55(57)58)44-31-48-50(39-18-9-14-25-47(39)61-48)51(54(44)63-49)40-20-15-19-38-37-17-8-13-24-46(37)62-53(38)40/h7-33H,1-6H3. The fourth-order valence-corrected chi connectivity index (χ4v) is 13.2. The zero-order valence-electron chi connectivity index (χ0n) is 36.3. The first-order chi connectivity index (χ1) is 30.5. The van der Waals surface area contributed by atoms with E-state index in [0.717, 1.165) is 72.1 Å². The molecule has 4 heterocycles. The molecule has 0 saturated heterocycles. The van der Waals surface area contributed by atoms with Crippen LogP contribution in [0.2, 0.25) is 0 Å². The lowest BCUT2D eigenvalue weighted by atomic mass is 9.52. The van der Waals surface area contributed by atoms with Gasteiger partial charge in [0.05, 0.1) is 11.0 Å². The first-order valence-electron chi connectivity index (χ1n) is 22.4. The number of fused-ring (bicyclic) bond motifs is 15. The van der Waals surface area contributed by atoms with Crippen LogP contribution in [0.15, 0.2) is 183 Å². The molecule has 4 unspecified atom stereocenters. The van der Waals surface area contributed by atoms with Crippen molar-refractivity contribution in [1.82, 2.24) is 0 Å². The van der Waals surface area contributed by atoms with E-state index < -0.39 is 11.0 Å². The van der Waals surface area contributed by atoms with E-state index in [1.54, 1.807) is 0 Å². The van der Waals surface area contributed by atoms with Crippen LogP contribution in [0.4, 0.5) is 11.4 Å². The van der Waals surface area contributed by atoms with Crippen LogP contribution < -0.4 is 9.64 Å². The third kappa shape index (κ3) is 4.14. The van der Waals surface area contributed by atoms with Gasteiger partial charge in [-0.2, -0.15) is 0 Å². The lowest BCUT2D eigenvalue weighted by Gasteiger charge is -2.59. The monoisotopic (exact) mass is 815 g/mol. The summed E-state index contributed by atoms with van der Waals surface area (Å²) in [6.45, 7) is 14.4. The Balaban J connectivity index is 1.07. The molecule has 4 nitrogen and oxygen atoms in total. The van der Waals surface area contributed by atoms with Crippen LogP contribution in [0.5, 0.6) is 5.75 Å². The number of ether oxygens (including phenoxy) is 1. The Morgan fingerprint density at radius 2 is 1.25 bits per heavy atom. The summed E-state index contributed by atoms with van der Waals surface area (Å²) in [7, 11) is 0. The molecule has 304 valence electrons. The SMILES string of the molecule is CC1C=CC2(C)C3=C1C1(C)C(=CC3(C)N(c3ccc4c(c3)C(C)(C)c3ccccc3-4)c3ccccc32)Oc2c1cc1oc3ccccc3c1c2-c1cccc2c1oc1ccccc12. The van der Waals surface area contributed by atoms with Gasteiger partial charge in [0, 0.05) is 60.4 Å². The second-order valence-corrected chi connectivity index (χ2v) is 19.7. The molecule has 3 aliphatic carbocycles. The number of anilines is 2. The molecule has 0 amide bonds. The highest BCUT2D eigenvalue weighted by molar-refractivity contribution is 6.19. The van der Waals surface area contributed by atoms with Crippen LogP contribution in [0.3, 0.4) is 0 Å². The van der Waals surface area contributed by atoms with Gasteiger partial charge in [0.1, 0.15) is 33.8 Å². The van der Waals surface area contributed by atoms with Crippen LogP contribution in [0.25, 0.3) is 66.1 Å². The molecule has 0 N–H and O–H groups in total.